The van der Waals surface area contributed by atoms with Gasteiger partial charge in [0.2, 0.25) is 0 Å². The number of benzene rings is 3. The third kappa shape index (κ3) is 1.44. The van der Waals surface area contributed by atoms with E-state index in [0.29, 0.717) is 27.8 Å². The quantitative estimate of drug-likeness (QED) is 0.297. The minimum atomic E-state index is -0.828. The maximum absolute atomic E-state index is 12.1. The lowest BCUT2D eigenvalue weighted by molar-refractivity contribution is -0.128. The molecule has 21 heavy (non-hydrogen) atoms. The number of hydrogen-bond donors (Lipinski definition) is 0. The number of carbonyl (C=O) groups excluding carboxylic acids is 2. The third-order valence-corrected chi connectivity index (χ3v) is 3.79. The van der Waals surface area contributed by atoms with Crippen LogP contribution in [0.2, 0.25) is 0 Å². The topological polar surface area (TPSA) is 52.6 Å². The van der Waals surface area contributed by atoms with Crippen molar-refractivity contribution in [2.75, 3.05) is 7.11 Å². The average molecular weight is 278 g/mol. The van der Waals surface area contributed by atoms with Gasteiger partial charge in [-0.05, 0) is 16.8 Å². The second kappa shape index (κ2) is 4.06. The van der Waals surface area contributed by atoms with Crippen LogP contribution in [-0.2, 0) is 4.79 Å². The van der Waals surface area contributed by atoms with Crippen LogP contribution in [-0.4, -0.2) is 18.9 Å². The largest absolute Gasteiger partial charge is 0.496 e. The van der Waals surface area contributed by atoms with Crippen molar-refractivity contribution in [3.05, 3.63) is 48.0 Å². The summed E-state index contributed by atoms with van der Waals surface area (Å²) in [6.45, 7) is 0. The zero-order valence-corrected chi connectivity index (χ0v) is 11.2. The molecule has 0 unspecified atom stereocenters. The van der Waals surface area contributed by atoms with Gasteiger partial charge in [0.05, 0.1) is 12.7 Å². The van der Waals surface area contributed by atoms with Crippen LogP contribution in [0.5, 0.6) is 11.5 Å². The Labute approximate surface area is 119 Å². The molecule has 4 nitrogen and oxygen atoms in total. The highest BCUT2D eigenvalue weighted by Crippen LogP contribution is 2.44. The van der Waals surface area contributed by atoms with Gasteiger partial charge in [-0.1, -0.05) is 36.4 Å². The third-order valence-electron chi connectivity index (χ3n) is 3.79. The summed E-state index contributed by atoms with van der Waals surface area (Å²) < 4.78 is 10.6. The van der Waals surface area contributed by atoms with E-state index in [9.17, 15) is 9.59 Å². The number of carbonyl (C=O) groups is 2. The van der Waals surface area contributed by atoms with Gasteiger partial charge in [-0.25, -0.2) is 4.79 Å². The SMILES string of the molecule is COc1cccc2c3c(c4ccccc4c12)C(=O)C(=O)O3. The van der Waals surface area contributed by atoms with Crippen LogP contribution in [0.1, 0.15) is 10.4 Å². The second-order valence-electron chi connectivity index (χ2n) is 4.85. The highest BCUT2D eigenvalue weighted by atomic mass is 16.5. The van der Waals surface area contributed by atoms with E-state index >= 15 is 0 Å². The Morgan fingerprint density at radius 1 is 0.905 bits per heavy atom. The van der Waals surface area contributed by atoms with Crippen LogP contribution in [0.25, 0.3) is 21.5 Å². The number of esters is 1. The number of fused-ring (bicyclic) bond motifs is 6. The van der Waals surface area contributed by atoms with Crippen molar-refractivity contribution in [3.8, 4) is 11.5 Å². The summed E-state index contributed by atoms with van der Waals surface area (Å²) in [5.74, 6) is -0.407. The van der Waals surface area contributed by atoms with Crippen molar-refractivity contribution in [1.29, 1.82) is 0 Å². The number of hydrogen-bond acceptors (Lipinski definition) is 4. The van der Waals surface area contributed by atoms with Crippen molar-refractivity contribution in [2.24, 2.45) is 0 Å². The van der Waals surface area contributed by atoms with Crippen LogP contribution in [0.3, 0.4) is 0 Å². The first-order valence-corrected chi connectivity index (χ1v) is 6.50. The van der Waals surface area contributed by atoms with E-state index in [-0.39, 0.29) is 0 Å². The van der Waals surface area contributed by atoms with Crippen LogP contribution in [0, 0.1) is 0 Å². The lowest BCUT2D eigenvalue weighted by Gasteiger charge is -2.12. The first kappa shape index (κ1) is 11.9. The fraction of sp³-hybridized carbons (Fsp3) is 0.0588. The molecule has 0 fully saturated rings. The van der Waals surface area contributed by atoms with Gasteiger partial charge < -0.3 is 9.47 Å². The van der Waals surface area contributed by atoms with E-state index in [2.05, 4.69) is 0 Å². The Bertz CT molecular complexity index is 940. The number of Topliss-reactive ketones (excluding diaryl/α,β-unsaturated/α-hetero) is 1. The summed E-state index contributed by atoms with van der Waals surface area (Å²) in [4.78, 5) is 23.8. The van der Waals surface area contributed by atoms with Crippen LogP contribution >= 0.6 is 0 Å². The molecule has 1 aliphatic heterocycles. The fourth-order valence-corrected chi connectivity index (χ4v) is 2.92. The minimum absolute atomic E-state index is 0.331. The molecule has 4 heteroatoms. The van der Waals surface area contributed by atoms with E-state index < -0.39 is 11.8 Å². The van der Waals surface area contributed by atoms with Gasteiger partial charge in [-0.15, -0.1) is 0 Å². The Morgan fingerprint density at radius 2 is 1.62 bits per heavy atom. The number of ketones is 1. The molecule has 1 heterocycles. The minimum Gasteiger partial charge on any atom is -0.496 e. The monoisotopic (exact) mass is 278 g/mol. The highest BCUT2D eigenvalue weighted by Gasteiger charge is 2.35. The van der Waals surface area contributed by atoms with Crippen LogP contribution in [0.15, 0.2) is 42.5 Å². The molecular formula is C17H10O4. The molecule has 0 saturated carbocycles. The number of ether oxygens (including phenoxy) is 2. The number of methoxy groups -OCH3 is 1. The Morgan fingerprint density at radius 3 is 2.38 bits per heavy atom. The maximum Gasteiger partial charge on any atom is 0.385 e. The van der Waals surface area contributed by atoms with Crippen molar-refractivity contribution < 1.29 is 19.1 Å². The summed E-state index contributed by atoms with van der Waals surface area (Å²) in [6, 6.07) is 12.9. The van der Waals surface area contributed by atoms with Crippen molar-refractivity contribution in [2.45, 2.75) is 0 Å². The van der Waals surface area contributed by atoms with E-state index in [1.54, 1.807) is 7.11 Å². The zero-order valence-electron chi connectivity index (χ0n) is 11.2. The summed E-state index contributed by atoms with van der Waals surface area (Å²) in [6.07, 6.45) is 0. The summed E-state index contributed by atoms with van der Waals surface area (Å²) in [5, 5.41) is 3.13. The fourth-order valence-electron chi connectivity index (χ4n) is 2.92. The normalized spacial score (nSPS) is 13.6. The maximum atomic E-state index is 12.1. The second-order valence-corrected chi connectivity index (χ2v) is 4.85. The lowest BCUT2D eigenvalue weighted by atomic mass is 9.94. The molecule has 0 radical (unpaired) electrons. The summed E-state index contributed by atoms with van der Waals surface area (Å²) in [7, 11) is 1.59. The average Bonchev–Trinajstić information content (AvgIpc) is 2.83. The van der Waals surface area contributed by atoms with Crippen molar-refractivity contribution in [3.63, 3.8) is 0 Å². The van der Waals surface area contributed by atoms with Gasteiger partial charge in [0.25, 0.3) is 5.78 Å². The molecule has 0 spiro atoms. The summed E-state index contributed by atoms with van der Waals surface area (Å²) in [5.41, 5.74) is 0.344. The van der Waals surface area contributed by atoms with Gasteiger partial charge in [0, 0.05) is 10.8 Å². The van der Waals surface area contributed by atoms with Gasteiger partial charge in [-0.2, -0.15) is 0 Å². The molecule has 0 aliphatic carbocycles. The van der Waals surface area contributed by atoms with Crippen LogP contribution in [0.4, 0.5) is 0 Å². The van der Waals surface area contributed by atoms with Crippen molar-refractivity contribution in [1.82, 2.24) is 0 Å². The molecule has 102 valence electrons. The standard InChI is InChI=1S/C17H10O4/c1-20-12-8-4-7-11-13(12)9-5-2-3-6-10(9)14-15(18)17(19)21-16(11)14/h2-8H,1H3. The molecule has 0 amide bonds. The van der Waals surface area contributed by atoms with Gasteiger partial charge >= 0.3 is 5.97 Å². The van der Waals surface area contributed by atoms with Crippen LogP contribution < -0.4 is 9.47 Å². The lowest BCUT2D eigenvalue weighted by Crippen LogP contribution is -2.10. The Hall–Kier alpha value is -2.88. The molecule has 4 rings (SSSR count). The molecule has 0 N–H and O–H groups in total. The summed E-state index contributed by atoms with van der Waals surface area (Å²) >= 11 is 0. The molecule has 0 bridgehead atoms. The van der Waals surface area contributed by atoms with Crippen molar-refractivity contribution >= 4 is 33.3 Å². The van der Waals surface area contributed by atoms with Gasteiger partial charge in [0.15, 0.2) is 5.75 Å². The predicted molar refractivity (Wildman–Crippen MR) is 78.0 cm³/mol. The molecular weight excluding hydrogens is 268 g/mol. The Balaban J connectivity index is 2.33. The molecule has 3 aromatic carbocycles. The van der Waals surface area contributed by atoms with Gasteiger partial charge in [0.1, 0.15) is 5.75 Å². The molecule has 3 aromatic rings. The first-order chi connectivity index (χ1) is 10.2. The molecule has 0 saturated heterocycles. The highest BCUT2D eigenvalue weighted by molar-refractivity contribution is 6.48. The van der Waals surface area contributed by atoms with E-state index in [1.807, 2.05) is 42.5 Å². The predicted octanol–water partition coefficient (Wildman–Crippen LogP) is 3.10. The molecule has 0 aromatic heterocycles. The molecule has 0 atom stereocenters. The van der Waals surface area contributed by atoms with E-state index in [0.717, 1.165) is 10.8 Å². The Kier molecular flexibility index (Phi) is 2.30. The smallest absolute Gasteiger partial charge is 0.385 e. The first-order valence-electron chi connectivity index (χ1n) is 6.50. The van der Waals surface area contributed by atoms with Gasteiger partial charge in [-0.3, -0.25) is 4.79 Å². The van der Waals surface area contributed by atoms with E-state index in [4.69, 9.17) is 9.47 Å². The number of rotatable bonds is 1. The zero-order chi connectivity index (χ0) is 14.6. The molecule has 1 aliphatic rings. The van der Waals surface area contributed by atoms with E-state index in [1.165, 1.54) is 0 Å².